The van der Waals surface area contributed by atoms with Crippen LogP contribution in [0.5, 0.6) is 0 Å². The molecule has 19 heavy (non-hydrogen) atoms. The Labute approximate surface area is 110 Å². The highest BCUT2D eigenvalue weighted by atomic mass is 19.1. The maximum Gasteiger partial charge on any atom is 0.131 e. The Morgan fingerprint density at radius 3 is 2.47 bits per heavy atom. The first-order valence-corrected chi connectivity index (χ1v) is 6.06. The molecule has 0 spiro atoms. The molecule has 3 heteroatoms. The monoisotopic (exact) mass is 252 g/mol. The first-order chi connectivity index (χ1) is 9.13. The molecule has 2 aromatic carbocycles. The fraction of sp³-hybridized carbons (Fsp3) is 0.0625. The molecule has 0 bridgehead atoms. The molecule has 0 saturated carbocycles. The molecular weight excluding hydrogens is 239 g/mol. The van der Waals surface area contributed by atoms with Gasteiger partial charge >= 0.3 is 0 Å². The lowest BCUT2D eigenvalue weighted by Crippen LogP contribution is -1.95. The van der Waals surface area contributed by atoms with Crippen LogP contribution < -0.4 is 5.73 Å². The van der Waals surface area contributed by atoms with Crippen LogP contribution in [0.4, 0.5) is 10.2 Å². The number of hydrogen-bond acceptors (Lipinski definition) is 2. The maximum absolute atomic E-state index is 13.0. The minimum atomic E-state index is -0.258. The van der Waals surface area contributed by atoms with Crippen LogP contribution in [0.2, 0.25) is 0 Å². The molecule has 1 aromatic heterocycles. The number of benzene rings is 2. The minimum absolute atomic E-state index is 0.258. The van der Waals surface area contributed by atoms with Gasteiger partial charge in [-0.25, -0.2) is 9.37 Å². The zero-order chi connectivity index (χ0) is 13.4. The first kappa shape index (κ1) is 11.7. The fourth-order valence-corrected chi connectivity index (χ4v) is 2.15. The van der Waals surface area contributed by atoms with Gasteiger partial charge in [0.15, 0.2) is 0 Å². The van der Waals surface area contributed by atoms with E-state index in [1.54, 1.807) is 12.1 Å². The highest BCUT2D eigenvalue weighted by molar-refractivity contribution is 5.89. The average Bonchev–Trinajstić information content (AvgIpc) is 2.39. The van der Waals surface area contributed by atoms with Gasteiger partial charge in [0.2, 0.25) is 0 Å². The number of aryl methyl sites for hydroxylation is 1. The number of rotatable bonds is 1. The van der Waals surface area contributed by atoms with E-state index in [4.69, 9.17) is 5.73 Å². The molecule has 0 aliphatic heterocycles. The Hall–Kier alpha value is -2.42. The van der Waals surface area contributed by atoms with Gasteiger partial charge in [-0.1, -0.05) is 24.3 Å². The molecule has 94 valence electrons. The van der Waals surface area contributed by atoms with Gasteiger partial charge in [0.1, 0.15) is 11.6 Å². The first-order valence-electron chi connectivity index (χ1n) is 6.06. The number of fused-ring (bicyclic) bond motifs is 1. The van der Waals surface area contributed by atoms with Gasteiger partial charge in [-0.3, -0.25) is 0 Å². The van der Waals surface area contributed by atoms with Crippen molar-refractivity contribution >= 4 is 16.7 Å². The molecule has 3 aromatic rings. The summed E-state index contributed by atoms with van der Waals surface area (Å²) in [6.07, 6.45) is 0. The second-order valence-electron chi connectivity index (χ2n) is 4.62. The second kappa shape index (κ2) is 4.35. The smallest absolute Gasteiger partial charge is 0.131 e. The summed E-state index contributed by atoms with van der Waals surface area (Å²) in [6, 6.07) is 14.3. The lowest BCUT2D eigenvalue weighted by molar-refractivity contribution is 0.628. The van der Waals surface area contributed by atoms with Crippen molar-refractivity contribution in [3.8, 4) is 11.1 Å². The molecule has 0 aliphatic rings. The summed E-state index contributed by atoms with van der Waals surface area (Å²) in [6.45, 7) is 2.02. The van der Waals surface area contributed by atoms with Gasteiger partial charge in [0, 0.05) is 10.9 Å². The van der Waals surface area contributed by atoms with Crippen LogP contribution in [-0.4, -0.2) is 4.98 Å². The zero-order valence-corrected chi connectivity index (χ0v) is 10.5. The van der Waals surface area contributed by atoms with E-state index in [-0.39, 0.29) is 5.82 Å². The molecule has 1 heterocycles. The topological polar surface area (TPSA) is 38.9 Å². The van der Waals surface area contributed by atoms with Crippen molar-refractivity contribution in [2.75, 3.05) is 5.73 Å². The summed E-state index contributed by atoms with van der Waals surface area (Å²) in [7, 11) is 0. The van der Waals surface area contributed by atoms with Crippen LogP contribution in [0.3, 0.4) is 0 Å². The van der Waals surface area contributed by atoms with E-state index < -0.39 is 0 Å². The summed E-state index contributed by atoms with van der Waals surface area (Å²) in [5.41, 5.74) is 9.73. The Kier molecular flexibility index (Phi) is 2.67. The van der Waals surface area contributed by atoms with Crippen LogP contribution in [0.15, 0.2) is 48.5 Å². The Morgan fingerprint density at radius 1 is 1.00 bits per heavy atom. The molecule has 0 aliphatic carbocycles. The van der Waals surface area contributed by atoms with Crippen molar-refractivity contribution in [2.45, 2.75) is 6.92 Å². The largest absolute Gasteiger partial charge is 0.383 e. The van der Waals surface area contributed by atoms with Crippen molar-refractivity contribution in [1.82, 2.24) is 4.98 Å². The molecule has 2 N–H and O–H groups in total. The van der Waals surface area contributed by atoms with E-state index in [1.165, 1.54) is 12.1 Å². The number of nitrogens with two attached hydrogens (primary N) is 1. The van der Waals surface area contributed by atoms with Crippen molar-refractivity contribution in [3.05, 3.63) is 59.9 Å². The Bertz CT molecular complexity index is 749. The van der Waals surface area contributed by atoms with Gasteiger partial charge in [-0.2, -0.15) is 0 Å². The molecule has 2 nitrogen and oxygen atoms in total. The van der Waals surface area contributed by atoms with E-state index in [2.05, 4.69) is 4.98 Å². The highest BCUT2D eigenvalue weighted by Gasteiger charge is 2.07. The molecule has 0 saturated heterocycles. The summed E-state index contributed by atoms with van der Waals surface area (Å²) >= 11 is 0. The van der Waals surface area contributed by atoms with Crippen LogP contribution >= 0.6 is 0 Å². The van der Waals surface area contributed by atoms with Crippen molar-refractivity contribution in [1.29, 1.82) is 0 Å². The lowest BCUT2D eigenvalue weighted by Gasteiger charge is -2.08. The van der Waals surface area contributed by atoms with Crippen LogP contribution in [0.25, 0.3) is 22.0 Å². The van der Waals surface area contributed by atoms with Crippen molar-refractivity contribution in [3.63, 3.8) is 0 Å². The van der Waals surface area contributed by atoms with Crippen molar-refractivity contribution < 1.29 is 4.39 Å². The number of halogens is 1. The third-order valence-electron chi connectivity index (χ3n) is 3.16. The third-order valence-corrected chi connectivity index (χ3v) is 3.16. The SMILES string of the molecule is Cc1ccc2cc(-c3ccc(F)cc3)c(N)nc2c1. The molecule has 3 rings (SSSR count). The lowest BCUT2D eigenvalue weighted by atomic mass is 10.0. The molecular formula is C16H13FN2. The molecule has 0 atom stereocenters. The predicted octanol–water partition coefficient (Wildman–Crippen LogP) is 3.93. The average molecular weight is 252 g/mol. The van der Waals surface area contributed by atoms with E-state index >= 15 is 0 Å². The zero-order valence-electron chi connectivity index (χ0n) is 10.5. The fourth-order valence-electron chi connectivity index (χ4n) is 2.15. The highest BCUT2D eigenvalue weighted by Crippen LogP contribution is 2.28. The summed E-state index contributed by atoms with van der Waals surface area (Å²) in [5, 5.41) is 1.03. The number of aromatic nitrogens is 1. The van der Waals surface area contributed by atoms with E-state index in [0.717, 1.165) is 27.6 Å². The number of pyridine rings is 1. The number of hydrogen-bond donors (Lipinski definition) is 1. The normalized spacial score (nSPS) is 10.8. The van der Waals surface area contributed by atoms with E-state index in [9.17, 15) is 4.39 Å². The van der Waals surface area contributed by atoms with Crippen LogP contribution in [0.1, 0.15) is 5.56 Å². The summed E-state index contributed by atoms with van der Waals surface area (Å²) < 4.78 is 13.0. The molecule has 0 amide bonds. The second-order valence-corrected chi connectivity index (χ2v) is 4.62. The quantitative estimate of drug-likeness (QED) is 0.712. The summed E-state index contributed by atoms with van der Waals surface area (Å²) in [4.78, 5) is 4.42. The number of nitrogens with zero attached hydrogens (tertiary/aromatic N) is 1. The van der Waals surface area contributed by atoms with Gasteiger partial charge < -0.3 is 5.73 Å². The molecule has 0 fully saturated rings. The third kappa shape index (κ3) is 2.15. The van der Waals surface area contributed by atoms with Crippen molar-refractivity contribution in [2.24, 2.45) is 0 Å². The molecule has 0 radical (unpaired) electrons. The van der Waals surface area contributed by atoms with Gasteiger partial charge in [0.05, 0.1) is 5.52 Å². The number of anilines is 1. The summed E-state index contributed by atoms with van der Waals surface area (Å²) in [5.74, 6) is 0.205. The predicted molar refractivity (Wildman–Crippen MR) is 76.3 cm³/mol. The van der Waals surface area contributed by atoms with Crippen LogP contribution in [0, 0.1) is 12.7 Å². The van der Waals surface area contributed by atoms with E-state index in [1.807, 2.05) is 31.2 Å². The molecule has 0 unspecified atom stereocenters. The maximum atomic E-state index is 13.0. The van der Waals surface area contributed by atoms with Gasteiger partial charge in [-0.05, 0) is 42.3 Å². The van der Waals surface area contributed by atoms with Gasteiger partial charge in [-0.15, -0.1) is 0 Å². The standard InChI is InChI=1S/C16H13FN2/c1-10-2-3-12-9-14(16(18)19-15(12)8-10)11-4-6-13(17)7-5-11/h2-9H,1H3,(H2,18,19). The van der Waals surface area contributed by atoms with Crippen LogP contribution in [-0.2, 0) is 0 Å². The minimum Gasteiger partial charge on any atom is -0.383 e. The Balaban J connectivity index is 2.21. The Morgan fingerprint density at radius 2 is 1.74 bits per heavy atom. The van der Waals surface area contributed by atoms with Gasteiger partial charge in [0.25, 0.3) is 0 Å². The number of nitrogen functional groups attached to an aromatic ring is 1. The van der Waals surface area contributed by atoms with E-state index in [0.29, 0.717) is 5.82 Å².